The van der Waals surface area contributed by atoms with Crippen molar-refractivity contribution in [2.45, 2.75) is 12.6 Å². The molecule has 1 aromatic heterocycles. The number of hydrogen-bond acceptors (Lipinski definition) is 6. The average Bonchev–Trinajstić information content (AvgIpc) is 3.09. The van der Waals surface area contributed by atoms with Crippen molar-refractivity contribution in [3.8, 4) is 17.2 Å². The first kappa shape index (κ1) is 18.1. The zero-order valence-corrected chi connectivity index (χ0v) is 15.5. The molecule has 28 heavy (non-hydrogen) atoms. The van der Waals surface area contributed by atoms with Crippen molar-refractivity contribution in [1.29, 1.82) is 0 Å². The highest BCUT2D eigenvalue weighted by Crippen LogP contribution is 2.31. The van der Waals surface area contributed by atoms with Gasteiger partial charge in [0.1, 0.15) is 12.4 Å². The van der Waals surface area contributed by atoms with Crippen LogP contribution in [0, 0.1) is 0 Å². The molecule has 0 saturated carbocycles. The minimum atomic E-state index is -0.518. The Morgan fingerprint density at radius 1 is 1.29 bits per heavy atom. The Bertz CT molecular complexity index is 971. The first-order valence-electron chi connectivity index (χ1n) is 9.01. The third-order valence-electron chi connectivity index (χ3n) is 4.27. The van der Waals surface area contributed by atoms with Crippen LogP contribution in [-0.4, -0.2) is 48.8 Å². The molecule has 0 fully saturated rings. The van der Waals surface area contributed by atoms with Crippen LogP contribution >= 0.6 is 0 Å². The standard InChI is InChI=1S/C20H21N3O5/c1-25-9-8-21-20(24)28-15-6-7-17-14(10-15)11-23(22-17)12-16-13-26-18-4-2-3-5-19(18)27-16/h2-7,10-11,16H,8-9,12-13H2,1H3,(H,21,24). The van der Waals surface area contributed by atoms with E-state index in [1.807, 2.05) is 41.2 Å². The fraction of sp³-hybridized carbons (Fsp3) is 0.300. The van der Waals surface area contributed by atoms with E-state index in [2.05, 4.69) is 10.4 Å². The van der Waals surface area contributed by atoms with Crippen LogP contribution in [0.4, 0.5) is 4.79 Å². The highest BCUT2D eigenvalue weighted by molar-refractivity contribution is 5.81. The van der Waals surface area contributed by atoms with E-state index in [-0.39, 0.29) is 6.10 Å². The van der Waals surface area contributed by atoms with Gasteiger partial charge in [0.2, 0.25) is 0 Å². The molecule has 0 saturated heterocycles. The van der Waals surface area contributed by atoms with Crippen LogP contribution in [-0.2, 0) is 11.3 Å². The van der Waals surface area contributed by atoms with Crippen molar-refractivity contribution >= 4 is 17.0 Å². The zero-order valence-electron chi connectivity index (χ0n) is 15.5. The molecule has 2 heterocycles. The summed E-state index contributed by atoms with van der Waals surface area (Å²) in [5, 5.41) is 8.04. The molecule has 0 radical (unpaired) electrons. The van der Waals surface area contributed by atoms with Crippen molar-refractivity contribution < 1.29 is 23.7 Å². The van der Waals surface area contributed by atoms with Gasteiger partial charge in [-0.05, 0) is 30.3 Å². The zero-order chi connectivity index (χ0) is 19.3. The number of nitrogens with one attached hydrogen (secondary N) is 1. The molecular formula is C20H21N3O5. The van der Waals surface area contributed by atoms with Crippen LogP contribution in [0.3, 0.4) is 0 Å². The fourth-order valence-electron chi connectivity index (χ4n) is 2.97. The summed E-state index contributed by atoms with van der Waals surface area (Å²) >= 11 is 0. The maximum absolute atomic E-state index is 11.8. The van der Waals surface area contributed by atoms with E-state index < -0.39 is 6.09 Å². The number of carbonyl (C=O) groups is 1. The number of fused-ring (bicyclic) bond motifs is 2. The second-order valence-corrected chi connectivity index (χ2v) is 6.38. The van der Waals surface area contributed by atoms with Gasteiger partial charge < -0.3 is 24.3 Å². The molecule has 4 rings (SSSR count). The Morgan fingerprint density at radius 3 is 3.00 bits per heavy atom. The summed E-state index contributed by atoms with van der Waals surface area (Å²) < 4.78 is 23.7. The van der Waals surface area contributed by atoms with E-state index in [0.29, 0.717) is 32.1 Å². The van der Waals surface area contributed by atoms with Crippen LogP contribution in [0.5, 0.6) is 17.2 Å². The largest absolute Gasteiger partial charge is 0.486 e. The number of nitrogens with zero attached hydrogens (tertiary/aromatic N) is 2. The van der Waals surface area contributed by atoms with E-state index in [0.717, 1.165) is 22.4 Å². The molecular weight excluding hydrogens is 362 g/mol. The molecule has 1 aliphatic rings. The lowest BCUT2D eigenvalue weighted by atomic mass is 10.2. The summed E-state index contributed by atoms with van der Waals surface area (Å²) in [6, 6.07) is 12.9. The minimum absolute atomic E-state index is 0.133. The van der Waals surface area contributed by atoms with Crippen LogP contribution in [0.1, 0.15) is 0 Å². The second-order valence-electron chi connectivity index (χ2n) is 6.38. The molecule has 2 aromatic carbocycles. The van der Waals surface area contributed by atoms with Crippen molar-refractivity contribution in [1.82, 2.24) is 15.1 Å². The monoisotopic (exact) mass is 383 g/mol. The van der Waals surface area contributed by atoms with Gasteiger partial charge in [0.25, 0.3) is 0 Å². The quantitative estimate of drug-likeness (QED) is 0.659. The van der Waals surface area contributed by atoms with E-state index >= 15 is 0 Å². The first-order valence-corrected chi connectivity index (χ1v) is 9.01. The van der Waals surface area contributed by atoms with Gasteiger partial charge in [0.15, 0.2) is 17.6 Å². The first-order chi connectivity index (χ1) is 13.7. The number of aromatic nitrogens is 2. The predicted molar refractivity (Wildman–Crippen MR) is 102 cm³/mol. The van der Waals surface area contributed by atoms with Crippen LogP contribution in [0.2, 0.25) is 0 Å². The number of para-hydroxylation sites is 2. The summed E-state index contributed by atoms with van der Waals surface area (Å²) in [5.74, 6) is 1.95. The number of carbonyl (C=O) groups excluding carboxylic acids is 1. The maximum Gasteiger partial charge on any atom is 0.412 e. The molecule has 1 unspecified atom stereocenters. The Labute approximate surface area is 161 Å². The normalized spacial score (nSPS) is 15.4. The molecule has 1 N–H and O–H groups in total. The molecule has 1 atom stereocenters. The molecule has 8 nitrogen and oxygen atoms in total. The second kappa shape index (κ2) is 8.18. The van der Waals surface area contributed by atoms with E-state index in [4.69, 9.17) is 18.9 Å². The third-order valence-corrected chi connectivity index (χ3v) is 4.27. The lowest BCUT2D eigenvalue weighted by Crippen LogP contribution is -2.33. The average molecular weight is 383 g/mol. The van der Waals surface area contributed by atoms with E-state index in [1.54, 1.807) is 19.2 Å². The van der Waals surface area contributed by atoms with Crippen molar-refractivity contribution in [3.05, 3.63) is 48.7 Å². The Hall–Kier alpha value is -3.26. The van der Waals surface area contributed by atoms with Crippen LogP contribution < -0.4 is 19.5 Å². The van der Waals surface area contributed by atoms with Gasteiger partial charge in [-0.25, -0.2) is 4.79 Å². The Balaban J connectivity index is 1.40. The maximum atomic E-state index is 11.8. The smallest absolute Gasteiger partial charge is 0.412 e. The summed E-state index contributed by atoms with van der Waals surface area (Å²) in [6.07, 6.45) is 1.25. The van der Waals surface area contributed by atoms with Crippen LogP contribution in [0.15, 0.2) is 48.7 Å². The van der Waals surface area contributed by atoms with Gasteiger partial charge in [0.05, 0.1) is 18.7 Å². The number of ether oxygens (including phenoxy) is 4. The summed E-state index contributed by atoms with van der Waals surface area (Å²) in [4.78, 5) is 11.8. The van der Waals surface area contributed by atoms with Gasteiger partial charge in [-0.15, -0.1) is 0 Å². The highest BCUT2D eigenvalue weighted by atomic mass is 16.6. The van der Waals surface area contributed by atoms with Gasteiger partial charge in [-0.1, -0.05) is 12.1 Å². The topological polar surface area (TPSA) is 83.8 Å². The molecule has 0 bridgehead atoms. The van der Waals surface area contributed by atoms with E-state index in [1.165, 1.54) is 0 Å². The summed E-state index contributed by atoms with van der Waals surface area (Å²) in [7, 11) is 1.57. The number of hydrogen-bond donors (Lipinski definition) is 1. The lowest BCUT2D eigenvalue weighted by Gasteiger charge is -2.26. The fourth-order valence-corrected chi connectivity index (χ4v) is 2.97. The predicted octanol–water partition coefficient (Wildman–Crippen LogP) is 2.61. The highest BCUT2D eigenvalue weighted by Gasteiger charge is 2.21. The Kier molecular flexibility index (Phi) is 5.29. The molecule has 1 aliphatic heterocycles. The van der Waals surface area contributed by atoms with Crippen molar-refractivity contribution in [2.24, 2.45) is 0 Å². The summed E-state index contributed by atoms with van der Waals surface area (Å²) in [5.41, 5.74) is 0.810. The van der Waals surface area contributed by atoms with Gasteiger partial charge in [0, 0.05) is 25.2 Å². The molecule has 1 amide bonds. The van der Waals surface area contributed by atoms with Gasteiger partial charge in [-0.2, -0.15) is 5.10 Å². The molecule has 0 aliphatic carbocycles. The number of amides is 1. The molecule has 8 heteroatoms. The summed E-state index contributed by atoms with van der Waals surface area (Å²) in [6.45, 7) is 1.83. The van der Waals surface area contributed by atoms with Gasteiger partial charge >= 0.3 is 6.09 Å². The Morgan fingerprint density at radius 2 is 2.14 bits per heavy atom. The SMILES string of the molecule is COCCNC(=O)Oc1ccc2nn(CC3COc4ccccc4O3)cc2c1. The van der Waals surface area contributed by atoms with Crippen LogP contribution in [0.25, 0.3) is 10.9 Å². The lowest BCUT2D eigenvalue weighted by molar-refractivity contribution is 0.0760. The number of rotatable bonds is 6. The van der Waals surface area contributed by atoms with E-state index in [9.17, 15) is 4.79 Å². The molecule has 146 valence electrons. The van der Waals surface area contributed by atoms with Gasteiger partial charge in [-0.3, -0.25) is 4.68 Å². The van der Waals surface area contributed by atoms with Crippen molar-refractivity contribution in [2.75, 3.05) is 26.9 Å². The molecule has 0 spiro atoms. The molecule has 3 aromatic rings. The number of benzene rings is 2. The number of methoxy groups -OCH3 is 1. The third kappa shape index (κ3) is 4.17. The minimum Gasteiger partial charge on any atom is -0.486 e. The van der Waals surface area contributed by atoms with Crippen molar-refractivity contribution in [3.63, 3.8) is 0 Å².